The Kier molecular flexibility index (Phi) is 3.19. The van der Waals surface area contributed by atoms with E-state index in [0.717, 1.165) is 19.4 Å². The number of ether oxygens (including phenoxy) is 1. The Hall–Kier alpha value is -1.42. The fraction of sp³-hybridized carbons (Fsp3) is 0.417. The molecule has 1 aromatic carbocycles. The molecule has 1 aliphatic heterocycles. The number of methoxy groups -OCH3 is 1. The van der Waals surface area contributed by atoms with Crippen LogP contribution in [0.5, 0.6) is 5.75 Å². The molecule has 0 aromatic heterocycles. The summed E-state index contributed by atoms with van der Waals surface area (Å²) in [6.45, 7) is 0.821. The molecule has 1 atom stereocenters. The first-order valence-electron chi connectivity index (χ1n) is 5.34. The summed E-state index contributed by atoms with van der Waals surface area (Å²) in [5, 5.41) is 3.06. The summed E-state index contributed by atoms with van der Waals surface area (Å²) in [5.74, 6) is -0.638. The van der Waals surface area contributed by atoms with E-state index in [1.807, 2.05) is 0 Å². The van der Waals surface area contributed by atoms with Gasteiger partial charge in [-0.05, 0) is 31.5 Å². The SMILES string of the molecule is COc1cccc(C(=O)C2CCCN2)c1F. The number of Topliss-reactive ketones (excluding diaryl/α,β-unsaturated/α-hetero) is 1. The van der Waals surface area contributed by atoms with Crippen molar-refractivity contribution in [3.05, 3.63) is 29.6 Å². The molecule has 0 radical (unpaired) electrons. The third kappa shape index (κ3) is 1.93. The first kappa shape index (κ1) is 11.1. The standard InChI is InChI=1S/C12H14FNO2/c1-16-10-6-2-4-8(11(10)13)12(15)9-5-3-7-14-9/h2,4,6,9,14H,3,5,7H2,1H3. The van der Waals surface area contributed by atoms with Gasteiger partial charge in [0, 0.05) is 0 Å². The highest BCUT2D eigenvalue weighted by Gasteiger charge is 2.26. The minimum absolute atomic E-state index is 0.110. The van der Waals surface area contributed by atoms with Crippen LogP contribution in [0.4, 0.5) is 4.39 Å². The van der Waals surface area contributed by atoms with E-state index < -0.39 is 5.82 Å². The van der Waals surface area contributed by atoms with Gasteiger partial charge >= 0.3 is 0 Å². The zero-order chi connectivity index (χ0) is 11.5. The molecular weight excluding hydrogens is 209 g/mol. The first-order chi connectivity index (χ1) is 7.74. The molecule has 0 amide bonds. The number of carbonyl (C=O) groups is 1. The van der Waals surface area contributed by atoms with Crippen molar-refractivity contribution >= 4 is 5.78 Å². The third-order valence-electron chi connectivity index (χ3n) is 2.83. The lowest BCUT2D eigenvalue weighted by atomic mass is 10.0. The van der Waals surface area contributed by atoms with Crippen LogP contribution < -0.4 is 10.1 Å². The largest absolute Gasteiger partial charge is 0.494 e. The van der Waals surface area contributed by atoms with Crippen LogP contribution in [-0.2, 0) is 0 Å². The molecular formula is C12H14FNO2. The second-order valence-electron chi connectivity index (χ2n) is 3.84. The van der Waals surface area contributed by atoms with Gasteiger partial charge in [-0.25, -0.2) is 4.39 Å². The topological polar surface area (TPSA) is 38.3 Å². The van der Waals surface area contributed by atoms with Crippen molar-refractivity contribution in [1.29, 1.82) is 0 Å². The van der Waals surface area contributed by atoms with Crippen LogP contribution in [0, 0.1) is 5.82 Å². The number of ketones is 1. The highest BCUT2D eigenvalue weighted by molar-refractivity contribution is 6.00. The number of halogens is 1. The summed E-state index contributed by atoms with van der Waals surface area (Å²) in [6, 6.07) is 4.39. The molecule has 2 rings (SSSR count). The predicted molar refractivity (Wildman–Crippen MR) is 58.3 cm³/mol. The maximum absolute atomic E-state index is 13.8. The van der Waals surface area contributed by atoms with Gasteiger partial charge in [0.2, 0.25) is 0 Å². The summed E-state index contributed by atoms with van der Waals surface area (Å²) in [6.07, 6.45) is 1.73. The van der Waals surface area contributed by atoms with Gasteiger partial charge in [-0.2, -0.15) is 0 Å². The Balaban J connectivity index is 2.29. The first-order valence-corrected chi connectivity index (χ1v) is 5.34. The molecule has 1 N–H and O–H groups in total. The summed E-state index contributed by atoms with van der Waals surface area (Å²) in [7, 11) is 1.39. The molecule has 1 unspecified atom stereocenters. The van der Waals surface area contributed by atoms with Crippen molar-refractivity contribution < 1.29 is 13.9 Å². The molecule has 0 aliphatic carbocycles. The Morgan fingerprint density at radius 1 is 1.56 bits per heavy atom. The molecule has 0 saturated carbocycles. The van der Waals surface area contributed by atoms with Gasteiger partial charge in [0.15, 0.2) is 17.3 Å². The van der Waals surface area contributed by atoms with Crippen LogP contribution in [0.15, 0.2) is 18.2 Å². The Morgan fingerprint density at radius 3 is 3.00 bits per heavy atom. The van der Waals surface area contributed by atoms with Gasteiger partial charge in [-0.3, -0.25) is 4.79 Å². The second kappa shape index (κ2) is 4.61. The highest BCUT2D eigenvalue weighted by atomic mass is 19.1. The monoisotopic (exact) mass is 223 g/mol. The van der Waals surface area contributed by atoms with Crippen molar-refractivity contribution in [2.24, 2.45) is 0 Å². The summed E-state index contributed by atoms with van der Waals surface area (Å²) >= 11 is 0. The van der Waals surface area contributed by atoms with E-state index in [9.17, 15) is 9.18 Å². The molecule has 3 nitrogen and oxygen atoms in total. The van der Waals surface area contributed by atoms with Crippen molar-refractivity contribution in [2.45, 2.75) is 18.9 Å². The lowest BCUT2D eigenvalue weighted by Gasteiger charge is -2.11. The molecule has 0 bridgehead atoms. The van der Waals surface area contributed by atoms with E-state index in [0.29, 0.717) is 0 Å². The third-order valence-corrected chi connectivity index (χ3v) is 2.83. The summed E-state index contributed by atoms with van der Waals surface area (Å²) in [4.78, 5) is 12.0. The van der Waals surface area contributed by atoms with Crippen LogP contribution in [-0.4, -0.2) is 25.5 Å². The van der Waals surface area contributed by atoms with Crippen molar-refractivity contribution in [3.8, 4) is 5.75 Å². The number of benzene rings is 1. The van der Waals surface area contributed by atoms with Gasteiger partial charge in [0.1, 0.15) is 0 Å². The molecule has 1 aromatic rings. The number of hydrogen-bond acceptors (Lipinski definition) is 3. The van der Waals surface area contributed by atoms with E-state index in [1.54, 1.807) is 6.07 Å². The lowest BCUT2D eigenvalue weighted by Crippen LogP contribution is -2.31. The lowest BCUT2D eigenvalue weighted by molar-refractivity contribution is 0.0947. The summed E-state index contributed by atoms with van der Waals surface area (Å²) < 4.78 is 18.7. The average Bonchev–Trinajstić information content (AvgIpc) is 2.82. The summed E-state index contributed by atoms with van der Waals surface area (Å²) in [5.41, 5.74) is 0.110. The average molecular weight is 223 g/mol. The number of rotatable bonds is 3. The molecule has 4 heteroatoms. The molecule has 1 saturated heterocycles. The van der Waals surface area contributed by atoms with Crippen LogP contribution in [0.25, 0.3) is 0 Å². The van der Waals surface area contributed by atoms with E-state index >= 15 is 0 Å². The highest BCUT2D eigenvalue weighted by Crippen LogP contribution is 2.22. The molecule has 0 spiro atoms. The quantitative estimate of drug-likeness (QED) is 0.794. The molecule has 1 fully saturated rings. The van der Waals surface area contributed by atoms with Crippen molar-refractivity contribution in [2.75, 3.05) is 13.7 Å². The van der Waals surface area contributed by atoms with Gasteiger partial charge in [0.05, 0.1) is 18.7 Å². The number of carbonyl (C=O) groups excluding carboxylic acids is 1. The van der Waals surface area contributed by atoms with E-state index in [2.05, 4.69) is 5.32 Å². The van der Waals surface area contributed by atoms with Crippen LogP contribution in [0.1, 0.15) is 23.2 Å². The van der Waals surface area contributed by atoms with Gasteiger partial charge < -0.3 is 10.1 Å². The minimum atomic E-state index is -0.566. The molecule has 16 heavy (non-hydrogen) atoms. The normalized spacial score (nSPS) is 19.8. The van der Waals surface area contributed by atoms with Crippen molar-refractivity contribution in [1.82, 2.24) is 5.32 Å². The van der Waals surface area contributed by atoms with Gasteiger partial charge in [-0.1, -0.05) is 6.07 Å². The van der Waals surface area contributed by atoms with E-state index in [4.69, 9.17) is 4.74 Å². The van der Waals surface area contributed by atoms with Crippen LogP contribution in [0.3, 0.4) is 0 Å². The minimum Gasteiger partial charge on any atom is -0.494 e. The zero-order valence-corrected chi connectivity index (χ0v) is 9.13. The maximum atomic E-state index is 13.8. The van der Waals surface area contributed by atoms with Crippen LogP contribution >= 0.6 is 0 Å². The predicted octanol–water partition coefficient (Wildman–Crippen LogP) is 1.77. The zero-order valence-electron chi connectivity index (χ0n) is 9.13. The Bertz CT molecular complexity index is 400. The van der Waals surface area contributed by atoms with Gasteiger partial charge in [0.25, 0.3) is 0 Å². The van der Waals surface area contributed by atoms with Crippen molar-refractivity contribution in [3.63, 3.8) is 0 Å². The van der Waals surface area contributed by atoms with Crippen LogP contribution in [0.2, 0.25) is 0 Å². The van der Waals surface area contributed by atoms with E-state index in [-0.39, 0.29) is 23.1 Å². The second-order valence-corrected chi connectivity index (χ2v) is 3.84. The fourth-order valence-electron chi connectivity index (χ4n) is 1.95. The number of hydrogen-bond donors (Lipinski definition) is 1. The number of nitrogens with one attached hydrogen (secondary N) is 1. The van der Waals surface area contributed by atoms with Gasteiger partial charge in [-0.15, -0.1) is 0 Å². The maximum Gasteiger partial charge on any atom is 0.182 e. The Labute approximate surface area is 93.6 Å². The Morgan fingerprint density at radius 2 is 2.38 bits per heavy atom. The smallest absolute Gasteiger partial charge is 0.182 e. The van der Waals surface area contributed by atoms with E-state index in [1.165, 1.54) is 19.2 Å². The fourth-order valence-corrected chi connectivity index (χ4v) is 1.95. The molecule has 86 valence electrons. The molecule has 1 aliphatic rings. The molecule has 1 heterocycles.